The quantitative estimate of drug-likeness (QED) is 0.772. The van der Waals surface area contributed by atoms with Crippen LogP contribution in [0.1, 0.15) is 12.8 Å². The number of hydrogen-bond donors (Lipinski definition) is 2. The molecule has 0 aliphatic carbocycles. The van der Waals surface area contributed by atoms with Gasteiger partial charge in [0.05, 0.1) is 0 Å². The predicted octanol–water partition coefficient (Wildman–Crippen LogP) is 2.09. The minimum absolute atomic E-state index is 0.203. The minimum atomic E-state index is -0.749. The van der Waals surface area contributed by atoms with E-state index in [0.29, 0.717) is 6.42 Å². The van der Waals surface area contributed by atoms with Gasteiger partial charge in [0.25, 0.3) is 0 Å². The number of benzene rings is 1. The Morgan fingerprint density at radius 1 is 1.38 bits per heavy atom. The van der Waals surface area contributed by atoms with Crippen LogP contribution in [0.4, 0.5) is 5.69 Å². The van der Waals surface area contributed by atoms with Gasteiger partial charge in [0.2, 0.25) is 0 Å². The summed E-state index contributed by atoms with van der Waals surface area (Å²) in [4.78, 5) is 10.4. The van der Waals surface area contributed by atoms with Crippen molar-refractivity contribution >= 4 is 22.6 Å². The first-order valence-corrected chi connectivity index (χ1v) is 5.23. The van der Waals surface area contributed by atoms with E-state index in [1.807, 2.05) is 30.5 Å². The first-order valence-electron chi connectivity index (χ1n) is 5.23. The zero-order chi connectivity index (χ0) is 11.5. The summed E-state index contributed by atoms with van der Waals surface area (Å²) in [5, 5.41) is 9.66. The Hall–Kier alpha value is -1.97. The Balaban J connectivity index is 2.15. The summed E-state index contributed by atoms with van der Waals surface area (Å²) in [7, 11) is 0. The number of fused-ring (bicyclic) bond motifs is 1. The van der Waals surface area contributed by atoms with Crippen LogP contribution in [0.5, 0.6) is 0 Å². The van der Waals surface area contributed by atoms with Gasteiger partial charge in [0.15, 0.2) is 0 Å². The average Bonchev–Trinajstić information content (AvgIpc) is 2.60. The number of rotatable bonds is 4. The fourth-order valence-electron chi connectivity index (χ4n) is 1.81. The molecule has 4 nitrogen and oxygen atoms in total. The Morgan fingerprint density at radius 2 is 2.19 bits per heavy atom. The largest absolute Gasteiger partial charge is 0.481 e. The van der Waals surface area contributed by atoms with Crippen molar-refractivity contribution in [2.24, 2.45) is 0 Å². The standard InChI is InChI=1S/C12H14N2O2/c13-10-3-4-11-9(8-10)5-7-14(11)6-1-2-12(15)16/h3-5,7-8H,1-2,6,13H2,(H,15,16). The molecule has 0 saturated heterocycles. The molecule has 1 aromatic heterocycles. The first kappa shape index (κ1) is 10.5. The highest BCUT2D eigenvalue weighted by atomic mass is 16.4. The summed E-state index contributed by atoms with van der Waals surface area (Å²) in [5.74, 6) is -0.749. The molecule has 0 unspecified atom stereocenters. The van der Waals surface area contributed by atoms with Gasteiger partial charge < -0.3 is 15.4 Å². The van der Waals surface area contributed by atoms with E-state index < -0.39 is 5.97 Å². The van der Waals surface area contributed by atoms with Crippen molar-refractivity contribution in [3.63, 3.8) is 0 Å². The van der Waals surface area contributed by atoms with Gasteiger partial charge >= 0.3 is 5.97 Å². The van der Waals surface area contributed by atoms with E-state index in [1.54, 1.807) is 0 Å². The van der Waals surface area contributed by atoms with Gasteiger partial charge in [-0.05, 0) is 30.7 Å². The first-order chi connectivity index (χ1) is 7.66. The molecule has 0 amide bonds. The fraction of sp³-hybridized carbons (Fsp3) is 0.250. The number of carboxylic acid groups (broad SMARTS) is 1. The van der Waals surface area contributed by atoms with E-state index in [1.165, 1.54) is 0 Å². The zero-order valence-corrected chi connectivity index (χ0v) is 8.89. The van der Waals surface area contributed by atoms with E-state index in [2.05, 4.69) is 4.57 Å². The summed E-state index contributed by atoms with van der Waals surface area (Å²) in [6.07, 6.45) is 2.81. The fourth-order valence-corrected chi connectivity index (χ4v) is 1.81. The zero-order valence-electron chi connectivity index (χ0n) is 8.89. The Morgan fingerprint density at radius 3 is 2.94 bits per heavy atom. The molecule has 1 heterocycles. The van der Waals surface area contributed by atoms with Gasteiger partial charge in [-0.2, -0.15) is 0 Å². The van der Waals surface area contributed by atoms with Crippen LogP contribution in [0, 0.1) is 0 Å². The van der Waals surface area contributed by atoms with E-state index in [9.17, 15) is 4.79 Å². The van der Waals surface area contributed by atoms with Crippen LogP contribution in [-0.4, -0.2) is 15.6 Å². The number of nitrogen functional groups attached to an aromatic ring is 1. The number of carbonyl (C=O) groups is 1. The lowest BCUT2D eigenvalue weighted by Gasteiger charge is -2.04. The van der Waals surface area contributed by atoms with Crippen LogP contribution in [0.15, 0.2) is 30.5 Å². The van der Waals surface area contributed by atoms with Crippen LogP contribution in [0.25, 0.3) is 10.9 Å². The number of aryl methyl sites for hydroxylation is 1. The lowest BCUT2D eigenvalue weighted by Crippen LogP contribution is -2.00. The number of aliphatic carboxylic acids is 1. The Bertz CT molecular complexity index is 517. The second-order valence-electron chi connectivity index (χ2n) is 3.82. The lowest BCUT2D eigenvalue weighted by molar-refractivity contribution is -0.137. The second kappa shape index (κ2) is 4.26. The molecule has 84 valence electrons. The summed E-state index contributed by atoms with van der Waals surface area (Å²) in [6, 6.07) is 7.73. The highest BCUT2D eigenvalue weighted by Gasteiger charge is 2.02. The molecule has 3 N–H and O–H groups in total. The second-order valence-corrected chi connectivity index (χ2v) is 3.82. The van der Waals surface area contributed by atoms with Crippen molar-refractivity contribution in [1.29, 1.82) is 0 Å². The van der Waals surface area contributed by atoms with E-state index in [0.717, 1.165) is 23.1 Å². The van der Waals surface area contributed by atoms with Crippen LogP contribution in [0.3, 0.4) is 0 Å². The highest BCUT2D eigenvalue weighted by Crippen LogP contribution is 2.19. The third-order valence-electron chi connectivity index (χ3n) is 2.58. The minimum Gasteiger partial charge on any atom is -0.481 e. The monoisotopic (exact) mass is 218 g/mol. The lowest BCUT2D eigenvalue weighted by atomic mass is 10.2. The third-order valence-corrected chi connectivity index (χ3v) is 2.58. The third kappa shape index (κ3) is 2.16. The smallest absolute Gasteiger partial charge is 0.303 e. The molecule has 16 heavy (non-hydrogen) atoms. The molecule has 0 atom stereocenters. The van der Waals surface area contributed by atoms with Gasteiger partial charge in [0.1, 0.15) is 0 Å². The molecule has 0 saturated carbocycles. The molecule has 0 bridgehead atoms. The predicted molar refractivity (Wildman–Crippen MR) is 63.2 cm³/mol. The van der Waals surface area contributed by atoms with Gasteiger partial charge in [-0.25, -0.2) is 0 Å². The van der Waals surface area contributed by atoms with Gasteiger partial charge in [-0.1, -0.05) is 0 Å². The maximum Gasteiger partial charge on any atom is 0.303 e. The van der Waals surface area contributed by atoms with Crippen molar-refractivity contribution in [1.82, 2.24) is 4.57 Å². The Labute approximate surface area is 93.3 Å². The molecular weight excluding hydrogens is 204 g/mol. The van der Waals surface area contributed by atoms with Gasteiger partial charge in [-0.3, -0.25) is 4.79 Å². The summed E-state index contributed by atoms with van der Waals surface area (Å²) in [6.45, 7) is 0.722. The van der Waals surface area contributed by atoms with E-state index in [-0.39, 0.29) is 6.42 Å². The molecule has 0 spiro atoms. The molecule has 0 aliphatic rings. The van der Waals surface area contributed by atoms with Gasteiger partial charge in [0, 0.05) is 35.8 Å². The number of nitrogens with zero attached hydrogens (tertiary/aromatic N) is 1. The van der Waals surface area contributed by atoms with Crippen LogP contribution in [-0.2, 0) is 11.3 Å². The highest BCUT2D eigenvalue weighted by molar-refractivity contribution is 5.83. The molecule has 0 fully saturated rings. The molecule has 0 radical (unpaired) electrons. The summed E-state index contributed by atoms with van der Waals surface area (Å²) < 4.78 is 2.05. The number of aromatic nitrogens is 1. The van der Waals surface area contributed by atoms with Crippen LogP contribution < -0.4 is 5.73 Å². The Kier molecular flexibility index (Phi) is 2.81. The number of carboxylic acids is 1. The topological polar surface area (TPSA) is 68.2 Å². The number of hydrogen-bond acceptors (Lipinski definition) is 2. The van der Waals surface area contributed by atoms with Crippen LogP contribution >= 0.6 is 0 Å². The van der Waals surface area contributed by atoms with Crippen LogP contribution in [0.2, 0.25) is 0 Å². The molecule has 4 heteroatoms. The molecule has 2 aromatic rings. The molecular formula is C12H14N2O2. The van der Waals surface area contributed by atoms with E-state index >= 15 is 0 Å². The van der Waals surface area contributed by atoms with Crippen molar-refractivity contribution in [2.75, 3.05) is 5.73 Å². The van der Waals surface area contributed by atoms with E-state index in [4.69, 9.17) is 10.8 Å². The number of anilines is 1. The van der Waals surface area contributed by atoms with Crippen molar-refractivity contribution in [2.45, 2.75) is 19.4 Å². The molecule has 0 aliphatic heterocycles. The van der Waals surface area contributed by atoms with Crippen molar-refractivity contribution in [3.8, 4) is 0 Å². The molecule has 1 aromatic carbocycles. The summed E-state index contributed by atoms with van der Waals surface area (Å²) in [5.41, 5.74) is 7.53. The summed E-state index contributed by atoms with van der Waals surface area (Å²) >= 11 is 0. The van der Waals surface area contributed by atoms with Gasteiger partial charge in [-0.15, -0.1) is 0 Å². The maximum atomic E-state index is 10.4. The average molecular weight is 218 g/mol. The molecule has 2 rings (SSSR count). The normalized spacial score (nSPS) is 10.8. The van der Waals surface area contributed by atoms with Crippen molar-refractivity contribution in [3.05, 3.63) is 30.5 Å². The van der Waals surface area contributed by atoms with Crippen molar-refractivity contribution < 1.29 is 9.90 Å². The SMILES string of the molecule is Nc1ccc2c(ccn2CCCC(=O)O)c1. The maximum absolute atomic E-state index is 10.4. The number of nitrogens with two attached hydrogens (primary N) is 1.